The van der Waals surface area contributed by atoms with Crippen molar-refractivity contribution in [2.45, 2.75) is 52.0 Å². The molecule has 3 rings (SSSR count). The lowest BCUT2D eigenvalue weighted by molar-refractivity contribution is -0.115. The van der Waals surface area contributed by atoms with Crippen LogP contribution in [-0.2, 0) is 11.2 Å². The molecule has 1 aromatic rings. The van der Waals surface area contributed by atoms with Crippen LogP contribution in [0.2, 0.25) is 5.02 Å². The number of carbonyl (C=O) groups excluding carboxylic acids is 1. The lowest BCUT2D eigenvalue weighted by Crippen LogP contribution is -2.34. The average Bonchev–Trinajstić information content (AvgIpc) is 3.01. The molecule has 1 saturated carbocycles. The molecule has 2 N–H and O–H groups in total. The van der Waals surface area contributed by atoms with E-state index < -0.39 is 0 Å². The van der Waals surface area contributed by atoms with Gasteiger partial charge < -0.3 is 10.6 Å². The summed E-state index contributed by atoms with van der Waals surface area (Å²) in [5.74, 6) is 0.0605. The molecule has 0 aromatic heterocycles. The second kappa shape index (κ2) is 5.62. The molecule has 1 heterocycles. The summed E-state index contributed by atoms with van der Waals surface area (Å²) in [5.41, 5.74) is 3.35. The van der Waals surface area contributed by atoms with Crippen molar-refractivity contribution in [1.29, 1.82) is 0 Å². The fourth-order valence-electron chi connectivity index (χ4n) is 3.90. The maximum Gasteiger partial charge on any atom is 0.228 e. The van der Waals surface area contributed by atoms with Gasteiger partial charge in [-0.05, 0) is 42.0 Å². The molecule has 0 saturated heterocycles. The first-order chi connectivity index (χ1) is 10.0. The van der Waals surface area contributed by atoms with Gasteiger partial charge >= 0.3 is 0 Å². The predicted octanol–water partition coefficient (Wildman–Crippen LogP) is 4.07. The lowest BCUT2D eigenvalue weighted by Gasteiger charge is -2.36. The van der Waals surface area contributed by atoms with Crippen LogP contribution in [0.4, 0.5) is 5.69 Å². The molecule has 0 spiro atoms. The number of benzene rings is 1. The van der Waals surface area contributed by atoms with Gasteiger partial charge in [-0.15, -0.1) is 0 Å². The fraction of sp³-hybridized carbons (Fsp3) is 0.588. The van der Waals surface area contributed by atoms with Crippen LogP contribution in [0.15, 0.2) is 12.1 Å². The Labute approximate surface area is 131 Å². The third-order valence-corrected chi connectivity index (χ3v) is 5.34. The van der Waals surface area contributed by atoms with Crippen LogP contribution < -0.4 is 10.6 Å². The van der Waals surface area contributed by atoms with Crippen molar-refractivity contribution >= 4 is 23.2 Å². The van der Waals surface area contributed by atoms with Crippen LogP contribution in [0.1, 0.15) is 56.7 Å². The Balaban J connectivity index is 2.00. The Hall–Kier alpha value is -1.06. The zero-order valence-corrected chi connectivity index (χ0v) is 13.5. The summed E-state index contributed by atoms with van der Waals surface area (Å²) in [6.07, 6.45) is 5.52. The summed E-state index contributed by atoms with van der Waals surface area (Å²) in [7, 11) is 0. The quantitative estimate of drug-likeness (QED) is 0.880. The summed E-state index contributed by atoms with van der Waals surface area (Å²) >= 11 is 6.54. The smallest absolute Gasteiger partial charge is 0.228 e. The Morgan fingerprint density at radius 3 is 2.76 bits per heavy atom. The Morgan fingerprint density at radius 1 is 1.38 bits per heavy atom. The maximum absolute atomic E-state index is 11.6. The molecule has 1 unspecified atom stereocenters. The number of anilines is 1. The first kappa shape index (κ1) is 14.9. The van der Waals surface area contributed by atoms with Gasteiger partial charge in [0.15, 0.2) is 0 Å². The number of carbonyl (C=O) groups is 1. The molecule has 1 fully saturated rings. The van der Waals surface area contributed by atoms with Gasteiger partial charge in [0.2, 0.25) is 5.91 Å². The number of hydrogen-bond donors (Lipinski definition) is 2. The minimum absolute atomic E-state index is 0.0605. The van der Waals surface area contributed by atoms with Gasteiger partial charge in [-0.3, -0.25) is 4.79 Å². The van der Waals surface area contributed by atoms with E-state index in [1.807, 2.05) is 6.07 Å². The molecule has 1 atom stereocenters. The van der Waals surface area contributed by atoms with E-state index in [-0.39, 0.29) is 17.4 Å². The van der Waals surface area contributed by atoms with Crippen LogP contribution in [-0.4, -0.2) is 12.5 Å². The van der Waals surface area contributed by atoms with E-state index in [9.17, 15) is 4.79 Å². The van der Waals surface area contributed by atoms with Gasteiger partial charge in [-0.2, -0.15) is 0 Å². The zero-order chi connectivity index (χ0) is 15.0. The standard InChI is InChI=1S/C17H23ClN2O/c1-3-19-16(17(2)6-4-5-7-17)12-8-11-9-15(21)20-14(11)10-13(12)18/h8,10,16,19H,3-7,9H2,1-2H3,(H,20,21). The van der Waals surface area contributed by atoms with Gasteiger partial charge in [0, 0.05) is 16.8 Å². The van der Waals surface area contributed by atoms with E-state index in [2.05, 4.69) is 30.5 Å². The average molecular weight is 307 g/mol. The number of nitrogens with one attached hydrogen (secondary N) is 2. The van der Waals surface area contributed by atoms with E-state index in [4.69, 9.17) is 11.6 Å². The van der Waals surface area contributed by atoms with Crippen LogP contribution in [0.25, 0.3) is 0 Å². The van der Waals surface area contributed by atoms with Crippen molar-refractivity contribution in [3.63, 3.8) is 0 Å². The summed E-state index contributed by atoms with van der Waals surface area (Å²) in [6, 6.07) is 4.31. The molecular weight excluding hydrogens is 284 g/mol. The second-order valence-electron chi connectivity index (χ2n) is 6.61. The van der Waals surface area contributed by atoms with Crippen molar-refractivity contribution in [1.82, 2.24) is 5.32 Å². The van der Waals surface area contributed by atoms with Gasteiger partial charge in [0.05, 0.1) is 6.42 Å². The largest absolute Gasteiger partial charge is 0.325 e. The van der Waals surface area contributed by atoms with Crippen LogP contribution in [0.5, 0.6) is 0 Å². The maximum atomic E-state index is 11.6. The topological polar surface area (TPSA) is 41.1 Å². The third-order valence-electron chi connectivity index (χ3n) is 5.01. The lowest BCUT2D eigenvalue weighted by atomic mass is 9.76. The highest BCUT2D eigenvalue weighted by molar-refractivity contribution is 6.32. The van der Waals surface area contributed by atoms with Crippen molar-refractivity contribution in [3.8, 4) is 0 Å². The molecule has 114 valence electrons. The molecule has 2 aliphatic rings. The van der Waals surface area contributed by atoms with Gasteiger partial charge in [-0.1, -0.05) is 44.4 Å². The normalized spacial score (nSPS) is 21.2. The SMILES string of the molecule is CCNC(c1cc2c(cc1Cl)NC(=O)C2)C1(C)CCCC1. The van der Waals surface area contributed by atoms with Gasteiger partial charge in [0.1, 0.15) is 0 Å². The van der Waals surface area contributed by atoms with Gasteiger partial charge in [0.25, 0.3) is 0 Å². The summed E-state index contributed by atoms with van der Waals surface area (Å²) < 4.78 is 0. The number of hydrogen-bond acceptors (Lipinski definition) is 2. The molecule has 4 heteroatoms. The van der Waals surface area contributed by atoms with E-state index in [1.54, 1.807) is 0 Å². The molecule has 0 bridgehead atoms. The summed E-state index contributed by atoms with van der Waals surface area (Å²) in [5, 5.41) is 7.27. The monoisotopic (exact) mass is 306 g/mol. The zero-order valence-electron chi connectivity index (χ0n) is 12.8. The third kappa shape index (κ3) is 2.69. The Bertz CT molecular complexity index is 564. The number of fused-ring (bicyclic) bond motifs is 1. The van der Waals surface area contributed by atoms with Crippen molar-refractivity contribution in [2.24, 2.45) is 5.41 Å². The molecule has 1 aliphatic heterocycles. The first-order valence-electron chi connectivity index (χ1n) is 7.89. The van der Waals surface area contributed by atoms with E-state index in [0.29, 0.717) is 6.42 Å². The summed E-state index contributed by atoms with van der Waals surface area (Å²) in [6.45, 7) is 5.42. The van der Waals surface area contributed by atoms with Crippen LogP contribution in [0.3, 0.4) is 0 Å². The Kier molecular flexibility index (Phi) is 3.98. The number of halogens is 1. The molecule has 0 radical (unpaired) electrons. The molecule has 21 heavy (non-hydrogen) atoms. The number of rotatable bonds is 4. The molecular formula is C17H23ClN2O. The molecule has 1 aliphatic carbocycles. The van der Waals surface area contributed by atoms with Crippen molar-refractivity contribution in [3.05, 3.63) is 28.3 Å². The predicted molar refractivity (Wildman–Crippen MR) is 86.8 cm³/mol. The highest BCUT2D eigenvalue weighted by atomic mass is 35.5. The van der Waals surface area contributed by atoms with Crippen LogP contribution in [0, 0.1) is 5.41 Å². The highest BCUT2D eigenvalue weighted by Gasteiger charge is 2.38. The van der Waals surface area contributed by atoms with E-state index in [1.165, 1.54) is 25.7 Å². The van der Waals surface area contributed by atoms with Crippen LogP contribution >= 0.6 is 11.6 Å². The highest BCUT2D eigenvalue weighted by Crippen LogP contribution is 2.49. The van der Waals surface area contributed by atoms with Gasteiger partial charge in [-0.25, -0.2) is 0 Å². The minimum atomic E-state index is 0.0605. The van der Waals surface area contributed by atoms with Crippen molar-refractivity contribution in [2.75, 3.05) is 11.9 Å². The summed E-state index contributed by atoms with van der Waals surface area (Å²) in [4.78, 5) is 11.6. The van der Waals surface area contributed by atoms with E-state index in [0.717, 1.165) is 28.4 Å². The van der Waals surface area contributed by atoms with Crippen molar-refractivity contribution < 1.29 is 4.79 Å². The minimum Gasteiger partial charge on any atom is -0.325 e. The number of amides is 1. The van der Waals surface area contributed by atoms with E-state index >= 15 is 0 Å². The first-order valence-corrected chi connectivity index (χ1v) is 8.27. The second-order valence-corrected chi connectivity index (χ2v) is 7.01. The molecule has 3 nitrogen and oxygen atoms in total. The molecule has 1 amide bonds. The Morgan fingerprint density at radius 2 is 2.10 bits per heavy atom. The molecule has 1 aromatic carbocycles. The fourth-order valence-corrected chi connectivity index (χ4v) is 4.17.